The third-order valence-electron chi connectivity index (χ3n) is 3.93. The largest absolute Gasteiger partial charge is 0.356 e. The van der Waals surface area contributed by atoms with E-state index in [1.807, 2.05) is 49.4 Å². The first-order valence-corrected chi connectivity index (χ1v) is 8.52. The Labute approximate surface area is 152 Å². The molecular formula is C22H20N2O2. The normalized spacial score (nSPS) is 10.2. The van der Waals surface area contributed by atoms with E-state index in [9.17, 15) is 9.59 Å². The second-order valence-corrected chi connectivity index (χ2v) is 5.84. The predicted octanol–water partition coefficient (Wildman–Crippen LogP) is 4.41. The first-order valence-electron chi connectivity index (χ1n) is 8.52. The molecule has 2 N–H and O–H groups in total. The number of benzene rings is 3. The molecule has 4 heteroatoms. The fraction of sp³-hybridized carbons (Fsp3) is 0.0909. The first kappa shape index (κ1) is 17.4. The highest BCUT2D eigenvalue weighted by atomic mass is 16.1. The van der Waals surface area contributed by atoms with Crippen LogP contribution in [0, 0.1) is 0 Å². The molecule has 26 heavy (non-hydrogen) atoms. The summed E-state index contributed by atoms with van der Waals surface area (Å²) in [6.07, 6.45) is 0. The summed E-state index contributed by atoms with van der Waals surface area (Å²) in [6.45, 7) is 2.48. The summed E-state index contributed by atoms with van der Waals surface area (Å²) in [6, 6.07) is 23.8. The molecule has 0 atom stereocenters. The van der Waals surface area contributed by atoms with Gasteiger partial charge in [0, 0.05) is 34.6 Å². The Hall–Kier alpha value is -3.40. The SMILES string of the molecule is CCNC(=O)c1cccc(Nc2ccc(C(=O)c3ccccc3)cc2)c1. The molecule has 4 nitrogen and oxygen atoms in total. The van der Waals surface area contributed by atoms with Crippen molar-refractivity contribution in [2.45, 2.75) is 6.92 Å². The highest BCUT2D eigenvalue weighted by Gasteiger charge is 2.09. The van der Waals surface area contributed by atoms with Gasteiger partial charge in [0.05, 0.1) is 0 Å². The van der Waals surface area contributed by atoms with Crippen molar-refractivity contribution in [3.8, 4) is 0 Å². The van der Waals surface area contributed by atoms with Crippen molar-refractivity contribution < 1.29 is 9.59 Å². The maximum absolute atomic E-state index is 12.4. The van der Waals surface area contributed by atoms with E-state index in [2.05, 4.69) is 10.6 Å². The van der Waals surface area contributed by atoms with Crippen LogP contribution in [0.5, 0.6) is 0 Å². The molecule has 0 aliphatic carbocycles. The Morgan fingerprint density at radius 2 is 1.38 bits per heavy atom. The van der Waals surface area contributed by atoms with Gasteiger partial charge < -0.3 is 10.6 Å². The molecule has 0 bridgehead atoms. The van der Waals surface area contributed by atoms with Gasteiger partial charge in [0.15, 0.2) is 5.78 Å². The molecule has 0 aromatic heterocycles. The van der Waals surface area contributed by atoms with Crippen molar-refractivity contribution in [3.63, 3.8) is 0 Å². The quantitative estimate of drug-likeness (QED) is 0.651. The Morgan fingerprint density at radius 3 is 2.08 bits per heavy atom. The second-order valence-electron chi connectivity index (χ2n) is 5.84. The highest BCUT2D eigenvalue weighted by Crippen LogP contribution is 2.19. The summed E-state index contributed by atoms with van der Waals surface area (Å²) in [5, 5.41) is 6.04. The molecule has 0 unspecified atom stereocenters. The maximum atomic E-state index is 12.4. The van der Waals surface area contributed by atoms with Crippen LogP contribution in [0.2, 0.25) is 0 Å². The number of carbonyl (C=O) groups excluding carboxylic acids is 2. The molecule has 0 spiro atoms. The average Bonchev–Trinajstić information content (AvgIpc) is 2.69. The third-order valence-corrected chi connectivity index (χ3v) is 3.93. The standard InChI is InChI=1S/C22H20N2O2/c1-2-23-22(26)18-9-6-10-20(15-18)24-19-13-11-17(12-14-19)21(25)16-7-4-3-5-8-16/h3-15,24H,2H2,1H3,(H,23,26). The van der Waals surface area contributed by atoms with Crippen LogP contribution in [0.3, 0.4) is 0 Å². The van der Waals surface area contributed by atoms with E-state index in [4.69, 9.17) is 0 Å². The molecule has 0 saturated heterocycles. The summed E-state index contributed by atoms with van der Waals surface area (Å²) in [5.41, 5.74) is 3.58. The van der Waals surface area contributed by atoms with Gasteiger partial charge in [-0.3, -0.25) is 9.59 Å². The van der Waals surface area contributed by atoms with Gasteiger partial charge in [-0.05, 0) is 49.4 Å². The van der Waals surface area contributed by atoms with Crippen LogP contribution >= 0.6 is 0 Å². The van der Waals surface area contributed by atoms with Gasteiger partial charge in [0.1, 0.15) is 0 Å². The number of amides is 1. The zero-order valence-corrected chi connectivity index (χ0v) is 14.5. The Bertz CT molecular complexity index is 903. The predicted molar refractivity (Wildman–Crippen MR) is 104 cm³/mol. The number of anilines is 2. The van der Waals surface area contributed by atoms with Crippen molar-refractivity contribution >= 4 is 23.1 Å². The van der Waals surface area contributed by atoms with Gasteiger partial charge in [-0.15, -0.1) is 0 Å². The van der Waals surface area contributed by atoms with Crippen LogP contribution in [0.4, 0.5) is 11.4 Å². The van der Waals surface area contributed by atoms with Crippen molar-refractivity contribution in [3.05, 3.63) is 95.6 Å². The van der Waals surface area contributed by atoms with Crippen LogP contribution in [0.15, 0.2) is 78.9 Å². The Kier molecular flexibility index (Phi) is 5.44. The minimum absolute atomic E-state index is 0.00427. The summed E-state index contributed by atoms with van der Waals surface area (Å²) in [7, 11) is 0. The number of rotatable bonds is 6. The average molecular weight is 344 g/mol. The molecular weight excluding hydrogens is 324 g/mol. The first-order chi connectivity index (χ1) is 12.7. The van der Waals surface area contributed by atoms with E-state index in [0.29, 0.717) is 23.2 Å². The molecule has 3 rings (SSSR count). The summed E-state index contributed by atoms with van der Waals surface area (Å²) >= 11 is 0. The van der Waals surface area contributed by atoms with Gasteiger partial charge in [-0.1, -0.05) is 36.4 Å². The van der Waals surface area contributed by atoms with Crippen molar-refractivity contribution in [2.75, 3.05) is 11.9 Å². The van der Waals surface area contributed by atoms with Crippen LogP contribution in [0.25, 0.3) is 0 Å². The van der Waals surface area contributed by atoms with Gasteiger partial charge in [-0.2, -0.15) is 0 Å². The van der Waals surface area contributed by atoms with E-state index < -0.39 is 0 Å². The fourth-order valence-electron chi connectivity index (χ4n) is 2.63. The van der Waals surface area contributed by atoms with E-state index in [-0.39, 0.29) is 11.7 Å². The Balaban J connectivity index is 1.73. The zero-order chi connectivity index (χ0) is 18.4. The van der Waals surface area contributed by atoms with Gasteiger partial charge >= 0.3 is 0 Å². The number of hydrogen-bond donors (Lipinski definition) is 2. The third kappa shape index (κ3) is 4.16. The lowest BCUT2D eigenvalue weighted by Gasteiger charge is -2.09. The molecule has 1 amide bonds. The van der Waals surface area contributed by atoms with Crippen molar-refractivity contribution in [1.82, 2.24) is 5.32 Å². The Morgan fingerprint density at radius 1 is 0.731 bits per heavy atom. The van der Waals surface area contributed by atoms with Crippen molar-refractivity contribution in [2.24, 2.45) is 0 Å². The highest BCUT2D eigenvalue weighted by molar-refractivity contribution is 6.09. The molecule has 0 radical (unpaired) electrons. The molecule has 130 valence electrons. The van der Waals surface area contributed by atoms with Crippen LogP contribution in [-0.2, 0) is 0 Å². The monoisotopic (exact) mass is 344 g/mol. The van der Waals surface area contributed by atoms with Gasteiger partial charge in [-0.25, -0.2) is 0 Å². The molecule has 0 aliphatic rings. The lowest BCUT2D eigenvalue weighted by atomic mass is 10.0. The smallest absolute Gasteiger partial charge is 0.251 e. The molecule has 0 aliphatic heterocycles. The molecule has 0 saturated carbocycles. The summed E-state index contributed by atoms with van der Waals surface area (Å²) < 4.78 is 0. The van der Waals surface area contributed by atoms with E-state index in [0.717, 1.165) is 11.4 Å². The second kappa shape index (κ2) is 8.12. The number of nitrogens with one attached hydrogen (secondary N) is 2. The minimum Gasteiger partial charge on any atom is -0.356 e. The lowest BCUT2D eigenvalue weighted by molar-refractivity contribution is 0.0955. The minimum atomic E-state index is -0.0973. The lowest BCUT2D eigenvalue weighted by Crippen LogP contribution is -2.22. The molecule has 0 heterocycles. The van der Waals surface area contributed by atoms with Crippen LogP contribution < -0.4 is 10.6 Å². The maximum Gasteiger partial charge on any atom is 0.251 e. The summed E-state index contributed by atoms with van der Waals surface area (Å²) in [4.78, 5) is 24.4. The topological polar surface area (TPSA) is 58.2 Å². The fourth-order valence-corrected chi connectivity index (χ4v) is 2.63. The van der Waals surface area contributed by atoms with E-state index in [1.54, 1.807) is 36.4 Å². The summed E-state index contributed by atoms with van der Waals surface area (Å²) in [5.74, 6) is -0.102. The van der Waals surface area contributed by atoms with Crippen molar-refractivity contribution in [1.29, 1.82) is 0 Å². The molecule has 0 fully saturated rings. The van der Waals surface area contributed by atoms with Gasteiger partial charge in [0.25, 0.3) is 5.91 Å². The molecule has 3 aromatic rings. The van der Waals surface area contributed by atoms with E-state index >= 15 is 0 Å². The zero-order valence-electron chi connectivity index (χ0n) is 14.5. The van der Waals surface area contributed by atoms with Gasteiger partial charge in [0.2, 0.25) is 0 Å². The number of ketones is 1. The van der Waals surface area contributed by atoms with Crippen LogP contribution in [-0.4, -0.2) is 18.2 Å². The molecule has 3 aromatic carbocycles. The number of hydrogen-bond acceptors (Lipinski definition) is 3. The number of carbonyl (C=O) groups is 2. The van der Waals surface area contributed by atoms with Crippen LogP contribution in [0.1, 0.15) is 33.2 Å². The van der Waals surface area contributed by atoms with E-state index in [1.165, 1.54) is 0 Å².